The Labute approximate surface area is 930 Å². The molecule has 0 saturated carbocycles. The number of nitrogens with one attached hydrogen (secondary N) is 4. The van der Waals surface area contributed by atoms with Crippen LogP contribution in [0.4, 0.5) is 45.5 Å². The van der Waals surface area contributed by atoms with E-state index in [1.165, 1.54) is 24.3 Å². The van der Waals surface area contributed by atoms with Crippen molar-refractivity contribution in [1.82, 2.24) is 29.9 Å². The van der Waals surface area contributed by atoms with Gasteiger partial charge in [0.25, 0.3) is 0 Å². The minimum atomic E-state index is -0.891. The number of nitrogen functional groups attached to an aromatic ring is 4. The van der Waals surface area contributed by atoms with Gasteiger partial charge in [-0.2, -0.15) is 66.7 Å². The Kier molecular flexibility index (Phi) is 87.2. The van der Waals surface area contributed by atoms with Gasteiger partial charge in [0.1, 0.15) is 0 Å². The Morgan fingerprint density at radius 2 is 0.519 bits per heavy atom. The van der Waals surface area contributed by atoms with E-state index in [-0.39, 0.29) is 231 Å². The molecule has 680 valence electrons. The van der Waals surface area contributed by atoms with Gasteiger partial charge in [0.2, 0.25) is 23.6 Å². The van der Waals surface area contributed by atoms with Gasteiger partial charge >= 0.3 is 11.9 Å². The zero-order chi connectivity index (χ0) is 94.5. The standard InChI is InChI=1S/2C13H18N2O.2C11H16N2O.5C7H8N.C6H5BrN.2C4H6O2.C3H6.6Y/c2*1-13(2,3)9-8-12(16)15-11-7-5-4-6-10(11)14;2*1-11(2,3)10(14)13-9-7-5-4-6-8(9)12;5*1-6-3-4-7(2)8-5-6;1-5-2-3-6(7)8-4-5;2*1-2-3-4(5)6;1-3-2;;;;;;/h2*4-9H,14H2,1-3H3,(H,15,16);2*4-7H,12H2,1-3H3,(H,13,14);5*3-4H,1-2H3;2-3H,1H3;2*2-3H,1H3,(H,5,6);3H,1H2,2H3;;;;;;/q;;;;6*-1;;;;;;;;;/b2*9-8+;;;;;;;;;2*3-2+;;;;;;;. The zero-order valence-electron chi connectivity index (χ0n) is 80.2. The first-order chi connectivity index (χ1) is 57.3. The SMILES string of the molecule is C/C=C/C(=O)O.C/C=C/C(=O)O.C=CC.CC(C)(C)/C=C/C(=O)Nc1ccccc1N.CC(C)(C)/C=C/C(=O)Nc1ccccc1N.CC(C)(C)C(=O)Nc1ccccc1N.CC(C)(C)C(=O)Nc1ccccc1N.Cc1[c-]nc(Br)cc1.Cc1[c-]nc(C)cc1.Cc1[c-]nc(C)cc1.Cc1[c-]nc(C)cc1.Cc1[c-]nc(C)cc1.Cc1[c-]nc(C)cc1.[Y].[Y].[Y].[Y].[Y].[Y]. The molecule has 6 aromatic heterocycles. The number of allylic oxidation sites excluding steroid dienone is 5. The largest absolute Gasteiger partial charge is 0.478 e. The molecule has 0 unspecified atom stereocenters. The zero-order valence-corrected chi connectivity index (χ0v) is 98.9. The number of carbonyl (C=O) groups excluding carboxylic acids is 4. The van der Waals surface area contributed by atoms with E-state index in [9.17, 15) is 28.8 Å². The summed E-state index contributed by atoms with van der Waals surface area (Å²) in [6.45, 7) is 53.6. The molecule has 14 N–H and O–H groups in total. The maximum atomic E-state index is 11.6. The van der Waals surface area contributed by atoms with Crippen LogP contribution in [0.25, 0.3) is 0 Å². The molecule has 0 bridgehead atoms. The van der Waals surface area contributed by atoms with Gasteiger partial charge in [-0.3, -0.25) is 19.2 Å². The number of carbonyl (C=O) groups is 6. The van der Waals surface area contributed by atoms with Crippen molar-refractivity contribution in [3.63, 3.8) is 0 Å². The molecule has 0 fully saturated rings. The van der Waals surface area contributed by atoms with Crippen LogP contribution in [0.1, 0.15) is 166 Å². The average Bonchev–Trinajstić information content (AvgIpc) is 0.870. The Morgan fingerprint density at radius 3 is 0.651 bits per heavy atom. The van der Waals surface area contributed by atoms with Crippen LogP contribution in [0.2, 0.25) is 0 Å². The van der Waals surface area contributed by atoms with Crippen molar-refractivity contribution in [3.8, 4) is 0 Å². The number of hydrogen-bond acceptors (Lipinski definition) is 16. The van der Waals surface area contributed by atoms with Gasteiger partial charge in [-0.05, 0) is 96.9 Å². The van der Waals surface area contributed by atoms with Crippen molar-refractivity contribution in [1.29, 1.82) is 0 Å². The van der Waals surface area contributed by atoms with Crippen LogP contribution in [0.3, 0.4) is 0 Å². The molecule has 4 aromatic carbocycles. The summed E-state index contributed by atoms with van der Waals surface area (Å²) in [6, 6.07) is 52.6. The third-order valence-electron chi connectivity index (χ3n) is 14.0. The van der Waals surface area contributed by atoms with Gasteiger partial charge in [-0.25, -0.2) is 9.59 Å². The molecule has 0 spiro atoms. The molecule has 0 aliphatic carbocycles. The predicted octanol–water partition coefficient (Wildman–Crippen LogP) is 22.0. The minimum Gasteiger partial charge on any atom is -0.478 e. The van der Waals surface area contributed by atoms with Crippen LogP contribution >= 0.6 is 15.9 Å². The number of nitrogens with zero attached hydrogens (tertiary/aromatic N) is 6. The van der Waals surface area contributed by atoms with Crippen molar-refractivity contribution in [2.24, 2.45) is 21.7 Å². The summed E-state index contributed by atoms with van der Waals surface area (Å²) in [5, 5.41) is 26.7. The van der Waals surface area contributed by atoms with Crippen LogP contribution in [0.5, 0.6) is 0 Å². The fraction of sp³-hybridized carbons (Fsp3) is 0.300. The minimum absolute atomic E-state index is 0. The molecule has 0 aliphatic heterocycles. The van der Waals surface area contributed by atoms with Crippen molar-refractivity contribution in [3.05, 3.63) is 335 Å². The van der Waals surface area contributed by atoms with E-state index in [0.717, 1.165) is 78.6 Å². The van der Waals surface area contributed by atoms with Gasteiger partial charge < -0.3 is 84.3 Å². The van der Waals surface area contributed by atoms with Crippen LogP contribution < -0.4 is 44.2 Å². The van der Waals surface area contributed by atoms with Crippen molar-refractivity contribution >= 4 is 97.0 Å². The Bertz CT molecular complexity index is 4190. The van der Waals surface area contributed by atoms with Crippen LogP contribution in [0.15, 0.2) is 236 Å². The molecule has 6 radical (unpaired) electrons. The molecule has 0 atom stereocenters. The first kappa shape index (κ1) is 140. The summed E-state index contributed by atoms with van der Waals surface area (Å²) >= 11 is 3.20. The molecule has 6 heterocycles. The maximum absolute atomic E-state index is 11.6. The normalized spacial score (nSPS) is 9.73. The molecule has 0 aliphatic rings. The molecule has 10 rings (SSSR count). The molecule has 10 aromatic rings. The summed E-state index contributed by atoms with van der Waals surface area (Å²) < 4.78 is 0.836. The Morgan fingerprint density at radius 1 is 0.326 bits per heavy atom. The smallest absolute Gasteiger partial charge is 0.327 e. The number of aryl methyl sites for hydroxylation is 11. The third-order valence-corrected chi connectivity index (χ3v) is 14.5. The summed E-state index contributed by atoms with van der Waals surface area (Å²) in [7, 11) is 0. The number of aliphatic carboxylic acids is 2. The van der Waals surface area contributed by atoms with E-state index in [0.29, 0.717) is 45.5 Å². The van der Waals surface area contributed by atoms with Crippen molar-refractivity contribution in [2.75, 3.05) is 44.2 Å². The number of aromatic nitrogens is 6. The van der Waals surface area contributed by atoms with Crippen LogP contribution in [0, 0.1) is 135 Å². The quantitative estimate of drug-likeness (QED) is 0.0222. The number of para-hydroxylation sites is 8. The summed E-state index contributed by atoms with van der Waals surface area (Å²) in [5.41, 5.74) is 38.6. The fourth-order valence-electron chi connectivity index (χ4n) is 7.24. The van der Waals surface area contributed by atoms with E-state index in [1.807, 2.05) is 300 Å². The number of pyridine rings is 6. The van der Waals surface area contributed by atoms with Gasteiger partial charge in [0.05, 0.1) is 45.5 Å². The van der Waals surface area contributed by atoms with E-state index in [1.54, 1.807) is 68.5 Å². The third kappa shape index (κ3) is 84.4. The Balaban J connectivity index is -0.000000175. The Hall–Kier alpha value is -6.40. The molecule has 0 saturated heterocycles. The molecule has 29 heteroatoms. The maximum Gasteiger partial charge on any atom is 0.327 e. The first-order valence-corrected chi connectivity index (χ1v) is 40.0. The number of halogens is 1. The van der Waals surface area contributed by atoms with E-state index in [2.05, 4.69) is 111 Å². The number of anilines is 8. The van der Waals surface area contributed by atoms with Crippen LogP contribution in [-0.2, 0) is 225 Å². The van der Waals surface area contributed by atoms with Gasteiger partial charge in [0.15, 0.2) is 0 Å². The fourth-order valence-corrected chi connectivity index (χ4v) is 7.46. The number of nitrogens with two attached hydrogens (primary N) is 4. The summed E-state index contributed by atoms with van der Waals surface area (Å²) in [4.78, 5) is 89.0. The van der Waals surface area contributed by atoms with Gasteiger partial charge in [-0.1, -0.05) is 304 Å². The molecule has 129 heavy (non-hydrogen) atoms. The second-order valence-corrected chi connectivity index (χ2v) is 32.0. The topological polar surface area (TPSA) is 372 Å². The van der Waals surface area contributed by atoms with E-state index >= 15 is 0 Å². The molecule has 22 nitrogen and oxygen atoms in total. The average molecular weight is 2270 g/mol. The van der Waals surface area contributed by atoms with E-state index in [4.69, 9.17) is 33.1 Å². The summed E-state index contributed by atoms with van der Waals surface area (Å²) in [5.74, 6) is -2.17. The number of amides is 4. The second-order valence-electron chi connectivity index (χ2n) is 31.2. The van der Waals surface area contributed by atoms with Crippen LogP contribution in [-0.4, -0.2) is 75.7 Å². The molecular formula is C100H131BrN14O8Y6-6. The van der Waals surface area contributed by atoms with Crippen molar-refractivity contribution in [2.45, 2.75) is 180 Å². The number of hydrogen-bond donors (Lipinski definition) is 10. The monoisotopic (exact) mass is 2270 g/mol. The second kappa shape index (κ2) is 80.1. The first-order valence-electron chi connectivity index (χ1n) is 39.2. The number of carboxylic acids is 2. The number of benzene rings is 4. The summed E-state index contributed by atoms with van der Waals surface area (Å²) in [6.07, 6.45) is 30.7. The van der Waals surface area contributed by atoms with Gasteiger partial charge in [-0.15, -0.1) is 62.0 Å². The molecular weight excluding hydrogens is 2140 g/mol. The predicted molar refractivity (Wildman–Crippen MR) is 513 cm³/mol. The number of carboxylic acid groups (broad SMARTS) is 2. The molecule has 4 amide bonds. The van der Waals surface area contributed by atoms with Gasteiger partial charge in [0, 0.05) is 219 Å². The van der Waals surface area contributed by atoms with E-state index < -0.39 is 22.8 Å². The van der Waals surface area contributed by atoms with Crippen molar-refractivity contribution < 1.29 is 235 Å². The number of rotatable bonds is 8.